The fourth-order valence-corrected chi connectivity index (χ4v) is 1.54. The highest BCUT2D eigenvalue weighted by Gasteiger charge is 2.49. The average Bonchev–Trinajstić information content (AvgIpc) is 2.30. The second-order valence-corrected chi connectivity index (χ2v) is 3.59. The number of aromatic nitrogens is 2. The van der Waals surface area contributed by atoms with Crippen molar-refractivity contribution in [3.8, 4) is 0 Å². The van der Waals surface area contributed by atoms with Crippen LogP contribution in [0.4, 0.5) is 0 Å². The molecule has 0 fully saturated rings. The second kappa shape index (κ2) is 4.90. The van der Waals surface area contributed by atoms with Gasteiger partial charge in [-0.25, -0.2) is 9.97 Å². The van der Waals surface area contributed by atoms with E-state index < -0.39 is 17.4 Å². The van der Waals surface area contributed by atoms with E-state index in [1.165, 1.54) is 13.1 Å². The first-order valence-electron chi connectivity index (χ1n) is 5.28. The lowest BCUT2D eigenvalue weighted by Crippen LogP contribution is -2.44. The van der Waals surface area contributed by atoms with Gasteiger partial charge in [-0.15, -0.1) is 0 Å². The molecule has 0 radical (unpaired) electrons. The van der Waals surface area contributed by atoms with Gasteiger partial charge in [0.1, 0.15) is 0 Å². The van der Waals surface area contributed by atoms with E-state index in [-0.39, 0.29) is 12.2 Å². The monoisotopic (exact) mass is 238 g/mol. The van der Waals surface area contributed by atoms with Gasteiger partial charge in [-0.2, -0.15) is 0 Å². The van der Waals surface area contributed by atoms with E-state index in [0.29, 0.717) is 12.1 Å². The summed E-state index contributed by atoms with van der Waals surface area (Å²) in [5, 5.41) is 18.3. The molecule has 0 aliphatic heterocycles. The Morgan fingerprint density at radius 1 is 1.29 bits per heavy atom. The average molecular weight is 238 g/mol. The number of hydrogen-bond donors (Lipinski definition) is 2. The Kier molecular flexibility index (Phi) is 3.77. The van der Waals surface area contributed by atoms with Crippen LogP contribution in [0.5, 0.6) is 0 Å². The van der Waals surface area contributed by atoms with E-state index in [1.807, 2.05) is 6.92 Å². The molecule has 0 aliphatic carbocycles. The molecule has 1 aromatic heterocycles. The zero-order chi connectivity index (χ0) is 13.1. The summed E-state index contributed by atoms with van der Waals surface area (Å²) in [5.74, 6) is -3.05. The molecular formula is C11H14N2O4. The largest absolute Gasteiger partial charge is 0.480 e. The third-order valence-corrected chi connectivity index (χ3v) is 2.72. The van der Waals surface area contributed by atoms with Gasteiger partial charge in [0.15, 0.2) is 5.82 Å². The van der Waals surface area contributed by atoms with Crippen molar-refractivity contribution in [1.82, 2.24) is 9.97 Å². The van der Waals surface area contributed by atoms with Gasteiger partial charge < -0.3 is 10.2 Å². The van der Waals surface area contributed by atoms with E-state index in [0.717, 1.165) is 0 Å². The highest BCUT2D eigenvalue weighted by Crippen LogP contribution is 2.26. The first-order chi connectivity index (χ1) is 7.98. The van der Waals surface area contributed by atoms with Crippen molar-refractivity contribution < 1.29 is 19.8 Å². The van der Waals surface area contributed by atoms with Gasteiger partial charge in [-0.3, -0.25) is 9.59 Å². The quantitative estimate of drug-likeness (QED) is 0.738. The molecule has 0 aliphatic rings. The lowest BCUT2D eigenvalue weighted by molar-refractivity contribution is -0.158. The summed E-state index contributed by atoms with van der Waals surface area (Å²) in [6.45, 7) is 3.34. The Labute approximate surface area is 98.3 Å². The molecule has 0 bridgehead atoms. The molecule has 1 heterocycles. The zero-order valence-electron chi connectivity index (χ0n) is 9.67. The van der Waals surface area contributed by atoms with Gasteiger partial charge in [0.05, 0.1) is 0 Å². The van der Waals surface area contributed by atoms with Gasteiger partial charge in [-0.1, -0.05) is 13.8 Å². The van der Waals surface area contributed by atoms with Gasteiger partial charge >= 0.3 is 11.9 Å². The molecule has 92 valence electrons. The molecule has 0 spiro atoms. The normalized spacial score (nSPS) is 11.2. The number of nitrogens with zero attached hydrogens (tertiary/aromatic N) is 2. The van der Waals surface area contributed by atoms with Crippen LogP contribution >= 0.6 is 0 Å². The lowest BCUT2D eigenvalue weighted by atomic mass is 9.84. The lowest BCUT2D eigenvalue weighted by Gasteiger charge is -2.21. The number of aryl methyl sites for hydroxylation is 1. The molecular weight excluding hydrogens is 224 g/mol. The van der Waals surface area contributed by atoms with Crippen LogP contribution < -0.4 is 0 Å². The van der Waals surface area contributed by atoms with Crippen molar-refractivity contribution in [2.45, 2.75) is 32.1 Å². The van der Waals surface area contributed by atoms with Crippen LogP contribution in [-0.4, -0.2) is 32.1 Å². The van der Waals surface area contributed by atoms with Crippen LogP contribution in [0.1, 0.15) is 31.8 Å². The molecule has 1 aromatic rings. The summed E-state index contributed by atoms with van der Waals surface area (Å²) >= 11 is 0. The van der Waals surface area contributed by atoms with Crippen LogP contribution in [0.3, 0.4) is 0 Å². The van der Waals surface area contributed by atoms with Gasteiger partial charge in [-0.05, 0) is 18.9 Å². The highest BCUT2D eigenvalue weighted by atomic mass is 16.4. The van der Waals surface area contributed by atoms with Gasteiger partial charge in [0, 0.05) is 11.9 Å². The summed E-state index contributed by atoms with van der Waals surface area (Å²) in [7, 11) is 0. The molecule has 6 heteroatoms. The highest BCUT2D eigenvalue weighted by molar-refractivity contribution is 6.03. The number of rotatable bonds is 5. The predicted octanol–water partition coefficient (Wildman–Crippen LogP) is 0.856. The first kappa shape index (κ1) is 13.1. The number of carboxylic acid groups (broad SMARTS) is 2. The van der Waals surface area contributed by atoms with E-state index in [9.17, 15) is 9.59 Å². The fourth-order valence-electron chi connectivity index (χ4n) is 1.54. The summed E-state index contributed by atoms with van der Waals surface area (Å²) in [5.41, 5.74) is -1.44. The Bertz CT molecular complexity index is 431. The third kappa shape index (κ3) is 2.11. The summed E-state index contributed by atoms with van der Waals surface area (Å²) in [6.07, 6.45) is 1.87. The van der Waals surface area contributed by atoms with Crippen molar-refractivity contribution in [2.75, 3.05) is 0 Å². The fraction of sp³-hybridized carbons (Fsp3) is 0.455. The maximum Gasteiger partial charge on any atom is 0.328 e. The van der Waals surface area contributed by atoms with Crippen LogP contribution in [0.2, 0.25) is 0 Å². The van der Waals surface area contributed by atoms with Crippen LogP contribution in [-0.2, 0) is 21.4 Å². The summed E-state index contributed by atoms with van der Waals surface area (Å²) < 4.78 is 0. The molecule has 1 rings (SSSR count). The number of carbonyl (C=O) groups is 2. The molecule has 0 amide bonds. The molecule has 0 saturated carbocycles. The van der Waals surface area contributed by atoms with Crippen molar-refractivity contribution in [3.05, 3.63) is 23.8 Å². The van der Waals surface area contributed by atoms with Crippen molar-refractivity contribution in [3.63, 3.8) is 0 Å². The van der Waals surface area contributed by atoms with Crippen LogP contribution in [0.25, 0.3) is 0 Å². The molecule has 2 N–H and O–H groups in total. The molecule has 0 saturated heterocycles. The number of carboxylic acids is 2. The Hall–Kier alpha value is -1.98. The summed E-state index contributed by atoms with van der Waals surface area (Å²) in [6, 6.07) is 1.63. The minimum atomic E-state index is -2.06. The van der Waals surface area contributed by atoms with Crippen molar-refractivity contribution in [2.24, 2.45) is 0 Å². The minimum absolute atomic E-state index is 0.106. The Balaban J connectivity index is 3.40. The second-order valence-electron chi connectivity index (χ2n) is 3.59. The van der Waals surface area contributed by atoms with Gasteiger partial charge in [0.2, 0.25) is 5.41 Å². The molecule has 0 unspecified atom stereocenters. The maximum absolute atomic E-state index is 11.2. The van der Waals surface area contributed by atoms with E-state index >= 15 is 0 Å². The number of hydrogen-bond acceptors (Lipinski definition) is 4. The third-order valence-electron chi connectivity index (χ3n) is 2.72. The Morgan fingerprint density at radius 3 is 2.29 bits per heavy atom. The van der Waals surface area contributed by atoms with Crippen molar-refractivity contribution in [1.29, 1.82) is 0 Å². The topological polar surface area (TPSA) is 100 Å². The Morgan fingerprint density at radius 2 is 1.88 bits per heavy atom. The number of aliphatic carboxylic acids is 2. The standard InChI is InChI=1S/C11H14N2O4/c1-3-7-5-6-12-8(13-7)11(4-2,9(14)15)10(16)17/h5-6H,3-4H2,1-2H3,(H,14,15)(H,16,17). The summed E-state index contributed by atoms with van der Waals surface area (Å²) in [4.78, 5) is 30.3. The van der Waals surface area contributed by atoms with Crippen molar-refractivity contribution >= 4 is 11.9 Å². The smallest absolute Gasteiger partial charge is 0.328 e. The molecule has 17 heavy (non-hydrogen) atoms. The minimum Gasteiger partial charge on any atom is -0.480 e. The van der Waals surface area contributed by atoms with Crippen LogP contribution in [0, 0.1) is 0 Å². The van der Waals surface area contributed by atoms with E-state index in [1.54, 1.807) is 6.07 Å². The zero-order valence-corrected chi connectivity index (χ0v) is 9.67. The van der Waals surface area contributed by atoms with Crippen LogP contribution in [0.15, 0.2) is 12.3 Å². The molecule has 6 nitrogen and oxygen atoms in total. The maximum atomic E-state index is 11.2. The molecule has 0 aromatic carbocycles. The SMILES string of the molecule is CCc1ccnc(C(CC)(C(=O)O)C(=O)O)n1. The predicted molar refractivity (Wildman–Crippen MR) is 58.7 cm³/mol. The van der Waals surface area contributed by atoms with Gasteiger partial charge in [0.25, 0.3) is 0 Å². The first-order valence-corrected chi connectivity index (χ1v) is 5.28. The van der Waals surface area contributed by atoms with E-state index in [4.69, 9.17) is 10.2 Å². The van der Waals surface area contributed by atoms with E-state index in [2.05, 4.69) is 9.97 Å². The molecule has 0 atom stereocenters.